The van der Waals surface area contributed by atoms with E-state index in [0.29, 0.717) is 24.8 Å². The predicted molar refractivity (Wildman–Crippen MR) is 162 cm³/mol. The van der Waals surface area contributed by atoms with Crippen molar-refractivity contribution in [2.75, 3.05) is 24.4 Å². The van der Waals surface area contributed by atoms with Crippen molar-refractivity contribution in [2.45, 2.75) is 62.9 Å². The number of hydrogen-bond donors (Lipinski definition) is 1. The summed E-state index contributed by atoms with van der Waals surface area (Å²) in [7, 11) is -3.10. The van der Waals surface area contributed by atoms with Gasteiger partial charge in [-0.3, -0.25) is 4.79 Å². The monoisotopic (exact) mass is 600 g/mol. The van der Waals surface area contributed by atoms with Crippen LogP contribution < -0.4 is 9.47 Å². The Morgan fingerprint density at radius 3 is 2.76 bits per heavy atom. The molecule has 1 aliphatic heterocycles. The number of ether oxygens (including phenoxy) is 2. The maximum absolute atomic E-state index is 15.4. The second-order valence-electron chi connectivity index (χ2n) is 10.8. The van der Waals surface area contributed by atoms with E-state index in [4.69, 9.17) is 9.47 Å². The summed E-state index contributed by atoms with van der Waals surface area (Å²) in [5.74, 6) is 0.438. The minimum absolute atomic E-state index is 0.00683. The van der Waals surface area contributed by atoms with E-state index in [1.165, 1.54) is 6.26 Å². The first-order valence-corrected chi connectivity index (χ1v) is 16.8. The predicted octanol–water partition coefficient (Wildman–Crippen LogP) is 7.05. The third-order valence-electron chi connectivity index (χ3n) is 7.38. The van der Waals surface area contributed by atoms with Crippen LogP contribution in [0.25, 0.3) is 5.57 Å². The first-order valence-electron chi connectivity index (χ1n) is 13.7. The van der Waals surface area contributed by atoms with Gasteiger partial charge in [-0.05, 0) is 84.7 Å². The van der Waals surface area contributed by atoms with Gasteiger partial charge in [-0.15, -0.1) is 11.8 Å². The Morgan fingerprint density at radius 1 is 1.24 bits per heavy atom. The number of aliphatic carboxylic acids is 1. The number of carboxylic acids is 1. The molecule has 2 aliphatic rings. The third kappa shape index (κ3) is 8.04. The van der Waals surface area contributed by atoms with Crippen molar-refractivity contribution in [3.8, 4) is 11.5 Å². The van der Waals surface area contributed by atoms with E-state index in [1.807, 2.05) is 37.3 Å². The summed E-state index contributed by atoms with van der Waals surface area (Å²) in [5, 5.41) is 9.18. The van der Waals surface area contributed by atoms with Crippen LogP contribution in [0.15, 0.2) is 59.5 Å². The van der Waals surface area contributed by atoms with Gasteiger partial charge in [0.15, 0.2) is 11.6 Å². The Morgan fingerprint density at radius 2 is 2.02 bits per heavy atom. The fourth-order valence-corrected chi connectivity index (χ4v) is 7.24. The summed E-state index contributed by atoms with van der Waals surface area (Å²) in [6.45, 7) is 8.09. The van der Waals surface area contributed by atoms with Crippen LogP contribution in [0.5, 0.6) is 11.5 Å². The molecule has 0 saturated heterocycles. The molecule has 9 heteroatoms. The number of aryl methyl sites for hydroxylation is 1. The molecule has 1 heterocycles. The van der Waals surface area contributed by atoms with Crippen LogP contribution in [-0.2, 0) is 14.6 Å². The molecule has 0 radical (unpaired) electrons. The van der Waals surface area contributed by atoms with Gasteiger partial charge in [0.2, 0.25) is 0 Å². The summed E-state index contributed by atoms with van der Waals surface area (Å²) in [4.78, 5) is 12.3. The lowest BCUT2D eigenvalue weighted by Crippen LogP contribution is -2.16. The van der Waals surface area contributed by atoms with Gasteiger partial charge in [0.05, 0.1) is 18.8 Å². The molecule has 220 valence electrons. The number of thioether (sulfide) groups is 1. The summed E-state index contributed by atoms with van der Waals surface area (Å²) in [6.07, 6.45) is 9.62. The van der Waals surface area contributed by atoms with Gasteiger partial charge in [0.25, 0.3) is 0 Å². The summed E-state index contributed by atoms with van der Waals surface area (Å²) < 4.78 is 50.1. The van der Waals surface area contributed by atoms with Gasteiger partial charge in [-0.25, -0.2) is 12.8 Å². The number of hydrogen-bond acceptors (Lipinski definition) is 6. The van der Waals surface area contributed by atoms with Crippen LogP contribution in [0.2, 0.25) is 0 Å². The van der Waals surface area contributed by atoms with E-state index >= 15 is 4.39 Å². The smallest absolute Gasteiger partial charge is 0.303 e. The molecule has 2 atom stereocenters. The standard InChI is InChI=1S/C32H37FO6S2/c1-20-10-11-24(39-25-12-13-27-23(17-30(34)35)19-40-29(27)18-25)8-5-6-9-26(20)31-21(2)16-28(32(33)22(31)3)38-14-7-15-41(4,36)37/h5-6,9,12-13,16,18,23-24H,1,7-8,10-11,14-15,17,19H2,2-4H3,(H,34,35)/b6-5-,26-9+/t23-,24?/m1/s1. The molecule has 1 aliphatic carbocycles. The van der Waals surface area contributed by atoms with Crippen LogP contribution in [0.4, 0.5) is 4.39 Å². The molecule has 1 unspecified atom stereocenters. The first-order chi connectivity index (χ1) is 19.4. The van der Waals surface area contributed by atoms with Crippen molar-refractivity contribution in [1.82, 2.24) is 0 Å². The van der Waals surface area contributed by atoms with Gasteiger partial charge in [0, 0.05) is 29.2 Å². The van der Waals surface area contributed by atoms with E-state index in [1.54, 1.807) is 24.8 Å². The zero-order chi connectivity index (χ0) is 29.7. The quantitative estimate of drug-likeness (QED) is 0.292. The van der Waals surface area contributed by atoms with Gasteiger partial charge in [-0.2, -0.15) is 0 Å². The summed E-state index contributed by atoms with van der Waals surface area (Å²) in [5.41, 5.74) is 4.94. The molecular weight excluding hydrogens is 563 g/mol. The van der Waals surface area contributed by atoms with Crippen molar-refractivity contribution in [3.05, 3.63) is 82.7 Å². The maximum Gasteiger partial charge on any atom is 0.303 e. The number of sulfone groups is 1. The van der Waals surface area contributed by atoms with E-state index in [9.17, 15) is 18.3 Å². The lowest BCUT2D eigenvalue weighted by molar-refractivity contribution is -0.137. The van der Waals surface area contributed by atoms with Gasteiger partial charge in [0.1, 0.15) is 21.7 Å². The molecule has 0 bridgehead atoms. The molecule has 2 aromatic rings. The van der Waals surface area contributed by atoms with Crippen LogP contribution >= 0.6 is 11.8 Å². The average molecular weight is 601 g/mol. The number of fused-ring (bicyclic) bond motifs is 1. The van der Waals surface area contributed by atoms with Crippen LogP contribution in [0.1, 0.15) is 60.3 Å². The largest absolute Gasteiger partial charge is 0.490 e. The highest BCUT2D eigenvalue weighted by atomic mass is 32.2. The highest BCUT2D eigenvalue weighted by Gasteiger charge is 2.26. The van der Waals surface area contributed by atoms with Crippen molar-refractivity contribution >= 4 is 33.1 Å². The van der Waals surface area contributed by atoms with Gasteiger partial charge < -0.3 is 14.6 Å². The van der Waals surface area contributed by atoms with E-state index < -0.39 is 21.6 Å². The number of benzene rings is 2. The molecule has 1 N–H and O–H groups in total. The first kappa shape index (κ1) is 30.9. The molecule has 0 saturated carbocycles. The van der Waals surface area contributed by atoms with E-state index in [-0.39, 0.29) is 36.6 Å². The number of carboxylic acid groups (broad SMARTS) is 1. The van der Waals surface area contributed by atoms with Gasteiger partial charge >= 0.3 is 5.97 Å². The lowest BCUT2D eigenvalue weighted by atomic mass is 9.88. The number of carbonyl (C=O) groups is 1. The minimum Gasteiger partial charge on any atom is -0.490 e. The van der Waals surface area contributed by atoms with Crippen molar-refractivity contribution in [3.63, 3.8) is 0 Å². The summed E-state index contributed by atoms with van der Waals surface area (Å²) >= 11 is 1.67. The van der Waals surface area contributed by atoms with Crippen molar-refractivity contribution in [1.29, 1.82) is 0 Å². The Bertz CT molecular complexity index is 1490. The van der Waals surface area contributed by atoms with Crippen LogP contribution in [0, 0.1) is 19.7 Å². The zero-order valence-corrected chi connectivity index (χ0v) is 25.4. The van der Waals surface area contributed by atoms with Crippen molar-refractivity contribution in [2.24, 2.45) is 0 Å². The third-order valence-corrected chi connectivity index (χ3v) is 9.65. The number of allylic oxidation sites excluding steroid dienone is 4. The second kappa shape index (κ2) is 13.3. The van der Waals surface area contributed by atoms with Crippen LogP contribution in [-0.4, -0.2) is 50.0 Å². The minimum atomic E-state index is -3.10. The molecule has 0 fully saturated rings. The Balaban J connectivity index is 1.43. The Hall–Kier alpha value is -3.04. The normalized spacial score (nSPS) is 21.2. The molecule has 2 aromatic carbocycles. The topological polar surface area (TPSA) is 89.9 Å². The zero-order valence-electron chi connectivity index (χ0n) is 23.7. The van der Waals surface area contributed by atoms with Crippen LogP contribution in [0.3, 0.4) is 0 Å². The Labute approximate surface area is 246 Å². The SMILES string of the molecule is C=C1CCC(Oc2ccc3c(c2)SC[C@H]3CC(=O)O)C/C=C\C=C/1c1c(C)cc(OCCCS(C)(=O)=O)c(F)c1C. The fraction of sp³-hybridized carbons (Fsp3) is 0.406. The molecule has 6 nitrogen and oxygen atoms in total. The second-order valence-corrected chi connectivity index (χ2v) is 14.1. The number of rotatable bonds is 10. The molecule has 41 heavy (non-hydrogen) atoms. The molecular formula is C32H37FO6S2. The van der Waals surface area contributed by atoms with E-state index in [0.717, 1.165) is 50.7 Å². The molecule has 0 aromatic heterocycles. The number of halogens is 1. The summed E-state index contributed by atoms with van der Waals surface area (Å²) in [6, 6.07) is 7.59. The van der Waals surface area contributed by atoms with Gasteiger partial charge in [-0.1, -0.05) is 30.9 Å². The lowest BCUT2D eigenvalue weighted by Gasteiger charge is -2.21. The molecule has 0 amide bonds. The maximum atomic E-state index is 15.4. The average Bonchev–Trinajstić information content (AvgIpc) is 3.31. The fourth-order valence-electron chi connectivity index (χ4n) is 5.32. The highest BCUT2D eigenvalue weighted by Crippen LogP contribution is 2.43. The van der Waals surface area contributed by atoms with Crippen molar-refractivity contribution < 1.29 is 32.2 Å². The Kier molecular flexibility index (Phi) is 10.0. The van der Waals surface area contributed by atoms with E-state index in [2.05, 4.69) is 12.7 Å². The molecule has 4 rings (SSSR count). The molecule has 0 spiro atoms. The highest BCUT2D eigenvalue weighted by molar-refractivity contribution is 7.99.